The zero-order chi connectivity index (χ0) is 6.53. The van der Waals surface area contributed by atoms with E-state index in [4.69, 9.17) is 0 Å². The topological polar surface area (TPSA) is 24.4 Å². The fourth-order valence-corrected chi connectivity index (χ4v) is 0.549. The third-order valence-corrected chi connectivity index (χ3v) is 0.896. The first-order chi connectivity index (χ1) is 4.43. The van der Waals surface area contributed by atoms with Crippen molar-refractivity contribution in [3.05, 3.63) is 23.4 Å². The molecular weight excluding hydrogens is 112 g/mol. The van der Waals surface area contributed by atoms with E-state index in [9.17, 15) is 0 Å². The van der Waals surface area contributed by atoms with E-state index in [1.165, 1.54) is 0 Å². The number of nitrogens with zero attached hydrogens (tertiary/aromatic N) is 1. The lowest BCUT2D eigenvalue weighted by Crippen LogP contribution is -2.09. The summed E-state index contributed by atoms with van der Waals surface area (Å²) in [6.07, 6.45) is 3.41. The molecule has 1 aliphatic heterocycles. The van der Waals surface area contributed by atoms with Crippen LogP contribution in [0, 0.1) is 0 Å². The van der Waals surface area contributed by atoms with Crippen LogP contribution in [0.3, 0.4) is 0 Å². The number of allylic oxidation sites excluding steroid dienone is 1. The predicted octanol–water partition coefficient (Wildman–Crippen LogP) is 0.832. The third-order valence-electron chi connectivity index (χ3n) is 0.896. The summed E-state index contributed by atoms with van der Waals surface area (Å²) >= 11 is 0. The normalized spacial score (nSPS) is 13.7. The molecule has 0 aromatic heterocycles. The zero-order valence-corrected chi connectivity index (χ0v) is 5.31. The molecule has 0 aliphatic carbocycles. The van der Waals surface area contributed by atoms with Crippen LogP contribution in [0.1, 0.15) is 6.92 Å². The van der Waals surface area contributed by atoms with Crippen molar-refractivity contribution < 1.29 is 0 Å². The molecule has 2 heteroatoms. The van der Waals surface area contributed by atoms with Gasteiger partial charge < -0.3 is 5.32 Å². The van der Waals surface area contributed by atoms with E-state index in [-0.39, 0.29) is 0 Å². The average molecular weight is 120 g/mol. The molecule has 1 rings (SSSR count). The summed E-state index contributed by atoms with van der Waals surface area (Å²) in [5.74, 6) is 0.764. The Morgan fingerprint density at radius 2 is 2.67 bits per heavy atom. The molecule has 2 nitrogen and oxygen atoms in total. The first-order valence-electron chi connectivity index (χ1n) is 2.91. The number of nitrogens with one attached hydrogen (secondary N) is 1. The Morgan fingerprint density at radius 3 is 3.22 bits per heavy atom. The molecule has 0 aromatic carbocycles. The molecule has 0 unspecified atom stereocenters. The van der Waals surface area contributed by atoms with Crippen LogP contribution in [-0.2, 0) is 0 Å². The van der Waals surface area contributed by atoms with Gasteiger partial charge in [0.1, 0.15) is 0 Å². The van der Waals surface area contributed by atoms with Gasteiger partial charge in [0, 0.05) is 18.8 Å². The van der Waals surface area contributed by atoms with Gasteiger partial charge in [0.25, 0.3) is 0 Å². The highest BCUT2D eigenvalue weighted by Gasteiger charge is 1.86. The Labute approximate surface area is 54.3 Å². The zero-order valence-electron chi connectivity index (χ0n) is 5.31. The first-order valence-corrected chi connectivity index (χ1v) is 2.91. The third kappa shape index (κ3) is 1.61. The highest BCUT2D eigenvalue weighted by Crippen LogP contribution is 1.88. The summed E-state index contributed by atoms with van der Waals surface area (Å²) in [7, 11) is 0. The van der Waals surface area contributed by atoms with Crippen LogP contribution in [0.4, 0.5) is 0 Å². The standard InChI is InChI=1S/C7H8N2/c1-2-8-7-5-3-4-6-9-7/h4,6H,2H2,1H3,(H,8,9). The van der Waals surface area contributed by atoms with Crippen LogP contribution in [0.15, 0.2) is 28.4 Å². The molecule has 0 radical (unpaired) electrons. The monoisotopic (exact) mass is 120 g/mol. The maximum atomic E-state index is 3.97. The van der Waals surface area contributed by atoms with Crippen molar-refractivity contribution in [1.82, 2.24) is 5.32 Å². The number of hydrogen-bond acceptors (Lipinski definition) is 2. The van der Waals surface area contributed by atoms with Crippen molar-refractivity contribution in [2.45, 2.75) is 6.92 Å². The van der Waals surface area contributed by atoms with Gasteiger partial charge in [-0.25, -0.2) is 4.99 Å². The highest BCUT2D eigenvalue weighted by atomic mass is 15.0. The van der Waals surface area contributed by atoms with Crippen molar-refractivity contribution in [2.75, 3.05) is 6.54 Å². The minimum absolute atomic E-state index is 0.764. The second-order valence-corrected chi connectivity index (χ2v) is 1.59. The van der Waals surface area contributed by atoms with Gasteiger partial charge in [-0.1, -0.05) is 5.73 Å². The van der Waals surface area contributed by atoms with Gasteiger partial charge in [-0.2, -0.15) is 0 Å². The predicted molar refractivity (Wildman–Crippen MR) is 37.3 cm³/mol. The maximum Gasteiger partial charge on any atom is 0.178 e. The molecular formula is C7H8N2. The molecule has 0 aromatic rings. The van der Waals surface area contributed by atoms with Crippen LogP contribution in [0.5, 0.6) is 0 Å². The van der Waals surface area contributed by atoms with Gasteiger partial charge in [0.05, 0.1) is 0 Å². The van der Waals surface area contributed by atoms with E-state index in [0.717, 1.165) is 12.4 Å². The van der Waals surface area contributed by atoms with Crippen molar-refractivity contribution >= 4 is 6.21 Å². The second kappa shape index (κ2) is 2.93. The van der Waals surface area contributed by atoms with E-state index in [0.29, 0.717) is 0 Å². The minimum Gasteiger partial charge on any atom is -0.363 e. The van der Waals surface area contributed by atoms with Gasteiger partial charge in [-0.3, -0.25) is 0 Å². The maximum absolute atomic E-state index is 3.97. The van der Waals surface area contributed by atoms with E-state index >= 15 is 0 Å². The van der Waals surface area contributed by atoms with E-state index < -0.39 is 0 Å². The van der Waals surface area contributed by atoms with E-state index in [2.05, 4.69) is 21.8 Å². The number of aliphatic imine (C=N–C) groups is 1. The summed E-state index contributed by atoms with van der Waals surface area (Å²) in [4.78, 5) is 3.97. The lowest BCUT2D eigenvalue weighted by molar-refractivity contribution is 0.844. The molecule has 0 saturated heterocycles. The van der Waals surface area contributed by atoms with Crippen LogP contribution in [0.25, 0.3) is 0 Å². The lowest BCUT2D eigenvalue weighted by atomic mass is 10.5. The molecule has 0 atom stereocenters. The van der Waals surface area contributed by atoms with Gasteiger partial charge >= 0.3 is 0 Å². The van der Waals surface area contributed by atoms with Crippen molar-refractivity contribution in [2.24, 2.45) is 4.99 Å². The number of rotatable bonds is 2. The quantitative estimate of drug-likeness (QED) is 0.536. The molecule has 46 valence electrons. The molecule has 0 saturated carbocycles. The van der Waals surface area contributed by atoms with Gasteiger partial charge in [0.2, 0.25) is 0 Å². The molecule has 0 bridgehead atoms. The van der Waals surface area contributed by atoms with Gasteiger partial charge in [0.15, 0.2) is 5.82 Å². The van der Waals surface area contributed by atoms with Crippen LogP contribution < -0.4 is 5.32 Å². The second-order valence-electron chi connectivity index (χ2n) is 1.59. The van der Waals surface area contributed by atoms with E-state index in [1.54, 1.807) is 12.3 Å². The SMILES string of the molecule is CCNC1=C=C=CC=N1. The molecule has 1 aliphatic rings. The van der Waals surface area contributed by atoms with Crippen molar-refractivity contribution in [3.63, 3.8) is 0 Å². The molecule has 9 heavy (non-hydrogen) atoms. The van der Waals surface area contributed by atoms with Crippen LogP contribution >= 0.6 is 0 Å². The Bertz CT molecular complexity index is 213. The molecule has 1 heterocycles. The fourth-order valence-electron chi connectivity index (χ4n) is 0.549. The van der Waals surface area contributed by atoms with Crippen molar-refractivity contribution in [3.8, 4) is 0 Å². The Morgan fingerprint density at radius 1 is 1.78 bits per heavy atom. The smallest absolute Gasteiger partial charge is 0.178 e. The summed E-state index contributed by atoms with van der Waals surface area (Å²) in [5.41, 5.74) is 5.62. The summed E-state index contributed by atoms with van der Waals surface area (Å²) in [6, 6.07) is 0. The first kappa shape index (κ1) is 5.90. The summed E-state index contributed by atoms with van der Waals surface area (Å²) in [6.45, 7) is 2.89. The van der Waals surface area contributed by atoms with Gasteiger partial charge in [-0.05, 0) is 12.7 Å². The Kier molecular flexibility index (Phi) is 1.92. The molecule has 0 amide bonds. The summed E-state index contributed by atoms with van der Waals surface area (Å²) in [5, 5.41) is 3.01. The Hall–Kier alpha value is -1.23. The average Bonchev–Trinajstić information content (AvgIpc) is 1.91. The van der Waals surface area contributed by atoms with Crippen LogP contribution in [-0.4, -0.2) is 12.8 Å². The molecule has 0 fully saturated rings. The highest BCUT2D eigenvalue weighted by molar-refractivity contribution is 5.72. The lowest BCUT2D eigenvalue weighted by Gasteiger charge is -1.97. The summed E-state index contributed by atoms with van der Waals surface area (Å²) < 4.78 is 0. The Balaban J connectivity index is 2.69. The van der Waals surface area contributed by atoms with Crippen molar-refractivity contribution in [1.29, 1.82) is 0 Å². The molecule has 0 spiro atoms. The van der Waals surface area contributed by atoms with E-state index in [1.807, 2.05) is 6.92 Å². The fraction of sp³-hybridized carbons (Fsp3) is 0.286. The van der Waals surface area contributed by atoms with Crippen LogP contribution in [0.2, 0.25) is 0 Å². The van der Waals surface area contributed by atoms with Gasteiger partial charge in [-0.15, -0.1) is 0 Å². The molecule has 1 N–H and O–H groups in total. The largest absolute Gasteiger partial charge is 0.363 e. The minimum atomic E-state index is 0.764. The number of hydrogen-bond donors (Lipinski definition) is 1.